The smallest absolute Gasteiger partial charge is 0.108 e. The molecule has 0 spiro atoms. The first-order valence-electron chi connectivity index (χ1n) is 5.63. The van der Waals surface area contributed by atoms with Crippen LogP contribution < -0.4 is 0 Å². The number of hydrogen-bond donors (Lipinski definition) is 1. The Morgan fingerprint density at radius 1 is 1.56 bits per heavy atom. The topological polar surface area (TPSA) is 54.2 Å². The highest BCUT2D eigenvalue weighted by molar-refractivity contribution is 4.90. The average Bonchev–Trinajstić information content (AvgIpc) is 2.90. The van der Waals surface area contributed by atoms with Crippen molar-refractivity contribution in [3.05, 3.63) is 11.9 Å². The lowest BCUT2D eigenvalue weighted by Gasteiger charge is -2.22. The van der Waals surface area contributed by atoms with Gasteiger partial charge >= 0.3 is 0 Å². The third kappa shape index (κ3) is 2.56. The van der Waals surface area contributed by atoms with E-state index in [9.17, 15) is 4.39 Å². The van der Waals surface area contributed by atoms with Crippen LogP contribution in [-0.4, -0.2) is 50.8 Å². The van der Waals surface area contributed by atoms with Crippen molar-refractivity contribution in [1.82, 2.24) is 19.9 Å². The van der Waals surface area contributed by atoms with Gasteiger partial charge in [0.1, 0.15) is 12.4 Å². The predicted octanol–water partition coefficient (Wildman–Crippen LogP) is 0.204. The third-order valence-electron chi connectivity index (χ3n) is 3.02. The molecule has 1 N–H and O–H groups in total. The molecule has 0 saturated carbocycles. The first-order chi connectivity index (χ1) is 7.83. The molecule has 1 atom stereocenters. The minimum atomic E-state index is -0.296. The van der Waals surface area contributed by atoms with Crippen LogP contribution in [0, 0.1) is 0 Å². The Bertz CT molecular complexity index is 330. The summed E-state index contributed by atoms with van der Waals surface area (Å²) in [6.07, 6.45) is 3.94. The maximum absolute atomic E-state index is 12.3. The Balaban J connectivity index is 1.92. The molecule has 0 radical (unpaired) electrons. The SMILES string of the molecule is OCc1cn(CC2CCCN2CCF)nn1. The highest BCUT2D eigenvalue weighted by atomic mass is 19.1. The summed E-state index contributed by atoms with van der Waals surface area (Å²) in [4.78, 5) is 2.15. The van der Waals surface area contributed by atoms with Crippen molar-refractivity contribution >= 4 is 0 Å². The minimum Gasteiger partial charge on any atom is -0.390 e. The van der Waals surface area contributed by atoms with Crippen LogP contribution in [0.5, 0.6) is 0 Å². The maximum Gasteiger partial charge on any atom is 0.108 e. The summed E-state index contributed by atoms with van der Waals surface area (Å²) in [5, 5.41) is 16.6. The quantitative estimate of drug-likeness (QED) is 0.782. The molecule has 1 saturated heterocycles. The van der Waals surface area contributed by atoms with Gasteiger partial charge in [0.15, 0.2) is 0 Å². The normalized spacial score (nSPS) is 21.8. The summed E-state index contributed by atoms with van der Waals surface area (Å²) in [5.41, 5.74) is 0.579. The number of aromatic nitrogens is 3. The van der Waals surface area contributed by atoms with Gasteiger partial charge in [-0.3, -0.25) is 9.58 Å². The number of likely N-dealkylation sites (tertiary alicyclic amines) is 1. The van der Waals surface area contributed by atoms with Crippen LogP contribution in [-0.2, 0) is 13.2 Å². The molecule has 0 amide bonds. The molecule has 1 aromatic rings. The molecule has 0 aliphatic carbocycles. The highest BCUT2D eigenvalue weighted by Gasteiger charge is 2.24. The van der Waals surface area contributed by atoms with Crippen LogP contribution >= 0.6 is 0 Å². The van der Waals surface area contributed by atoms with Crippen molar-refractivity contribution in [3.8, 4) is 0 Å². The Morgan fingerprint density at radius 3 is 3.12 bits per heavy atom. The number of nitrogens with zero attached hydrogens (tertiary/aromatic N) is 4. The fourth-order valence-corrected chi connectivity index (χ4v) is 2.22. The van der Waals surface area contributed by atoms with Crippen LogP contribution in [0.2, 0.25) is 0 Å². The standard InChI is InChI=1S/C10H17FN4O/c11-3-5-14-4-1-2-10(14)7-15-6-9(8-16)12-13-15/h6,10,16H,1-5,7-8H2. The van der Waals surface area contributed by atoms with Crippen molar-refractivity contribution in [3.63, 3.8) is 0 Å². The van der Waals surface area contributed by atoms with E-state index in [4.69, 9.17) is 5.11 Å². The van der Waals surface area contributed by atoms with Crippen molar-refractivity contribution in [2.75, 3.05) is 19.8 Å². The predicted molar refractivity (Wildman–Crippen MR) is 56.5 cm³/mol. The van der Waals surface area contributed by atoms with E-state index in [1.165, 1.54) is 0 Å². The molecule has 1 aromatic heterocycles. The number of rotatable bonds is 5. The monoisotopic (exact) mass is 228 g/mol. The molecule has 1 fully saturated rings. The van der Waals surface area contributed by atoms with Gasteiger partial charge in [-0.05, 0) is 19.4 Å². The van der Waals surface area contributed by atoms with Crippen molar-refractivity contribution in [2.45, 2.75) is 32.0 Å². The van der Waals surface area contributed by atoms with Gasteiger partial charge in [-0.1, -0.05) is 5.21 Å². The Morgan fingerprint density at radius 2 is 2.44 bits per heavy atom. The van der Waals surface area contributed by atoms with Crippen molar-refractivity contribution < 1.29 is 9.50 Å². The van der Waals surface area contributed by atoms with E-state index in [2.05, 4.69) is 15.2 Å². The van der Waals surface area contributed by atoms with E-state index in [0.717, 1.165) is 25.9 Å². The van der Waals surface area contributed by atoms with Crippen molar-refractivity contribution in [1.29, 1.82) is 0 Å². The largest absolute Gasteiger partial charge is 0.390 e. The molecule has 1 aliphatic rings. The van der Waals surface area contributed by atoms with E-state index < -0.39 is 0 Å². The van der Waals surface area contributed by atoms with Crippen LogP contribution in [0.4, 0.5) is 4.39 Å². The lowest BCUT2D eigenvalue weighted by atomic mass is 10.2. The third-order valence-corrected chi connectivity index (χ3v) is 3.02. The minimum absolute atomic E-state index is 0.0845. The molecular weight excluding hydrogens is 211 g/mol. The number of alkyl halides is 1. The summed E-state index contributed by atoms with van der Waals surface area (Å²) in [5.74, 6) is 0. The molecule has 90 valence electrons. The van der Waals surface area contributed by atoms with Crippen LogP contribution in [0.3, 0.4) is 0 Å². The molecule has 2 rings (SSSR count). The van der Waals surface area contributed by atoms with Gasteiger partial charge in [0.25, 0.3) is 0 Å². The summed E-state index contributed by atoms with van der Waals surface area (Å²) >= 11 is 0. The van der Waals surface area contributed by atoms with E-state index >= 15 is 0 Å². The summed E-state index contributed by atoms with van der Waals surface area (Å²) in [6.45, 7) is 1.82. The summed E-state index contributed by atoms with van der Waals surface area (Å²) in [6, 6.07) is 0.351. The fourth-order valence-electron chi connectivity index (χ4n) is 2.22. The van der Waals surface area contributed by atoms with Gasteiger partial charge in [-0.25, -0.2) is 4.39 Å². The molecule has 0 bridgehead atoms. The van der Waals surface area contributed by atoms with Gasteiger partial charge < -0.3 is 5.11 Å². The van der Waals surface area contributed by atoms with Gasteiger partial charge in [-0.2, -0.15) is 0 Å². The molecule has 2 heterocycles. The Hall–Kier alpha value is -1.01. The first-order valence-corrected chi connectivity index (χ1v) is 5.63. The van der Waals surface area contributed by atoms with Gasteiger partial charge in [0.2, 0.25) is 0 Å². The zero-order valence-electron chi connectivity index (χ0n) is 9.22. The maximum atomic E-state index is 12.3. The number of halogens is 1. The molecule has 1 unspecified atom stereocenters. The summed E-state index contributed by atoms with van der Waals surface area (Å²) in [7, 11) is 0. The van der Waals surface area contributed by atoms with Gasteiger partial charge in [-0.15, -0.1) is 5.10 Å². The molecule has 1 aliphatic heterocycles. The average molecular weight is 228 g/mol. The van der Waals surface area contributed by atoms with E-state index in [0.29, 0.717) is 18.3 Å². The fraction of sp³-hybridized carbons (Fsp3) is 0.800. The zero-order valence-corrected chi connectivity index (χ0v) is 9.22. The lowest BCUT2D eigenvalue weighted by Crippen LogP contribution is -2.34. The van der Waals surface area contributed by atoms with E-state index in [1.54, 1.807) is 10.9 Å². The lowest BCUT2D eigenvalue weighted by molar-refractivity contribution is 0.208. The Kier molecular flexibility index (Phi) is 3.84. The van der Waals surface area contributed by atoms with Gasteiger partial charge in [0.05, 0.1) is 19.3 Å². The van der Waals surface area contributed by atoms with Crippen LogP contribution in [0.15, 0.2) is 6.20 Å². The molecule has 5 nitrogen and oxygen atoms in total. The van der Waals surface area contributed by atoms with Crippen LogP contribution in [0.1, 0.15) is 18.5 Å². The molecular formula is C10H17FN4O. The number of aliphatic hydroxyl groups is 1. The summed E-state index contributed by atoms with van der Waals surface area (Å²) < 4.78 is 14.0. The first kappa shape index (κ1) is 11.5. The zero-order chi connectivity index (χ0) is 11.4. The van der Waals surface area contributed by atoms with Crippen molar-refractivity contribution in [2.24, 2.45) is 0 Å². The van der Waals surface area contributed by atoms with E-state index in [-0.39, 0.29) is 13.3 Å². The Labute approximate surface area is 93.9 Å². The molecule has 6 heteroatoms. The number of aliphatic hydroxyl groups excluding tert-OH is 1. The number of hydrogen-bond acceptors (Lipinski definition) is 4. The molecule has 16 heavy (non-hydrogen) atoms. The molecule has 0 aromatic carbocycles. The van der Waals surface area contributed by atoms with E-state index in [1.807, 2.05) is 0 Å². The highest BCUT2D eigenvalue weighted by Crippen LogP contribution is 2.18. The second-order valence-electron chi connectivity index (χ2n) is 4.11. The van der Waals surface area contributed by atoms with Gasteiger partial charge in [0, 0.05) is 12.6 Å². The second-order valence-corrected chi connectivity index (χ2v) is 4.11. The van der Waals surface area contributed by atoms with Crippen LogP contribution in [0.25, 0.3) is 0 Å². The second kappa shape index (κ2) is 5.36.